The van der Waals surface area contributed by atoms with E-state index in [0.29, 0.717) is 5.92 Å². The number of benzene rings is 1. The van der Waals surface area contributed by atoms with Crippen molar-refractivity contribution in [1.29, 1.82) is 0 Å². The van der Waals surface area contributed by atoms with Gasteiger partial charge in [-0.2, -0.15) is 4.36 Å². The first-order valence-corrected chi connectivity index (χ1v) is 7.27. The Balaban J connectivity index is 2.44. The van der Waals surface area contributed by atoms with Crippen LogP contribution in [0.5, 0.6) is 0 Å². The Morgan fingerprint density at radius 3 is 2.47 bits per heavy atom. The highest BCUT2D eigenvalue weighted by Gasteiger charge is 2.19. The topological polar surface area (TPSA) is 29.4 Å². The first-order chi connectivity index (χ1) is 7.11. The van der Waals surface area contributed by atoms with Crippen LogP contribution in [0.2, 0.25) is 0 Å². The standard InChI is InChI=1S/C12H17NOS/c1-10(2)11-6-3-4-7-12(11)13-15(14)8-5-9-15/h3-4,6-7,10H,5,8-9H2,1-2H3. The van der Waals surface area contributed by atoms with Crippen LogP contribution in [0.4, 0.5) is 5.69 Å². The van der Waals surface area contributed by atoms with Gasteiger partial charge in [-0.05, 0) is 24.0 Å². The lowest BCUT2D eigenvalue weighted by atomic mass is 10.0. The number of nitrogens with zero attached hydrogens (tertiary/aromatic N) is 1. The van der Waals surface area contributed by atoms with Crippen molar-refractivity contribution in [3.63, 3.8) is 0 Å². The van der Waals surface area contributed by atoms with Crippen molar-refractivity contribution >= 4 is 15.4 Å². The maximum Gasteiger partial charge on any atom is 0.0764 e. The van der Waals surface area contributed by atoms with Crippen LogP contribution in [-0.4, -0.2) is 15.7 Å². The van der Waals surface area contributed by atoms with Gasteiger partial charge in [0.25, 0.3) is 0 Å². The molecule has 0 saturated carbocycles. The van der Waals surface area contributed by atoms with E-state index in [9.17, 15) is 4.21 Å². The molecule has 0 aromatic heterocycles. The number of hydrogen-bond acceptors (Lipinski definition) is 2. The summed E-state index contributed by atoms with van der Waals surface area (Å²) in [5, 5.41) is 0. The largest absolute Gasteiger partial charge is 0.249 e. The van der Waals surface area contributed by atoms with Gasteiger partial charge in [-0.3, -0.25) is 0 Å². The van der Waals surface area contributed by atoms with Crippen LogP contribution in [0.1, 0.15) is 31.7 Å². The van der Waals surface area contributed by atoms with Crippen LogP contribution in [-0.2, 0) is 9.73 Å². The molecule has 0 unspecified atom stereocenters. The van der Waals surface area contributed by atoms with Gasteiger partial charge in [0, 0.05) is 11.5 Å². The third kappa shape index (κ3) is 2.23. The maximum absolute atomic E-state index is 12.0. The molecule has 82 valence electrons. The van der Waals surface area contributed by atoms with E-state index in [-0.39, 0.29) is 0 Å². The summed E-state index contributed by atoms with van der Waals surface area (Å²) in [6.07, 6.45) is 1.06. The van der Waals surface area contributed by atoms with Crippen molar-refractivity contribution in [2.75, 3.05) is 11.5 Å². The minimum absolute atomic E-state index is 0.438. The van der Waals surface area contributed by atoms with Gasteiger partial charge in [-0.15, -0.1) is 0 Å². The second kappa shape index (κ2) is 3.97. The van der Waals surface area contributed by atoms with Gasteiger partial charge in [-0.1, -0.05) is 32.0 Å². The average Bonchev–Trinajstić information content (AvgIpc) is 2.16. The van der Waals surface area contributed by atoms with E-state index in [2.05, 4.69) is 24.3 Å². The normalized spacial score (nSPS) is 18.6. The van der Waals surface area contributed by atoms with Crippen molar-refractivity contribution in [1.82, 2.24) is 0 Å². The molecular formula is C12H17NOS. The predicted molar refractivity (Wildman–Crippen MR) is 65.1 cm³/mol. The SMILES string of the molecule is CC(C)c1ccccc1N=S1(=O)CCC1. The highest BCUT2D eigenvalue weighted by atomic mass is 32.2. The fraction of sp³-hybridized carbons (Fsp3) is 0.500. The molecule has 0 radical (unpaired) electrons. The van der Waals surface area contributed by atoms with Gasteiger partial charge in [-0.25, -0.2) is 4.21 Å². The average molecular weight is 223 g/mol. The number of rotatable bonds is 2. The van der Waals surface area contributed by atoms with Gasteiger partial charge in [0.2, 0.25) is 0 Å². The lowest BCUT2D eigenvalue weighted by Crippen LogP contribution is -2.23. The summed E-state index contributed by atoms with van der Waals surface area (Å²) < 4.78 is 16.5. The Labute approximate surface area is 91.9 Å². The summed E-state index contributed by atoms with van der Waals surface area (Å²) in [5.74, 6) is 1.99. The molecule has 0 N–H and O–H groups in total. The lowest BCUT2D eigenvalue weighted by molar-refractivity contribution is 0.663. The second-order valence-corrected chi connectivity index (χ2v) is 6.88. The van der Waals surface area contributed by atoms with Crippen molar-refractivity contribution in [2.45, 2.75) is 26.2 Å². The fourth-order valence-electron chi connectivity index (χ4n) is 1.72. The zero-order valence-electron chi connectivity index (χ0n) is 9.27. The molecule has 3 heteroatoms. The third-order valence-electron chi connectivity index (χ3n) is 2.75. The van der Waals surface area contributed by atoms with Crippen LogP contribution >= 0.6 is 0 Å². The van der Waals surface area contributed by atoms with Crippen LogP contribution in [0.15, 0.2) is 28.6 Å². The minimum atomic E-state index is -1.87. The molecule has 1 aliphatic heterocycles. The van der Waals surface area contributed by atoms with Crippen molar-refractivity contribution in [3.8, 4) is 0 Å². The van der Waals surface area contributed by atoms with Crippen LogP contribution in [0.25, 0.3) is 0 Å². The van der Waals surface area contributed by atoms with Gasteiger partial charge >= 0.3 is 0 Å². The van der Waals surface area contributed by atoms with E-state index >= 15 is 0 Å². The molecule has 1 aliphatic rings. The lowest BCUT2D eigenvalue weighted by Gasteiger charge is -2.19. The van der Waals surface area contributed by atoms with E-state index in [4.69, 9.17) is 0 Å². The minimum Gasteiger partial charge on any atom is -0.249 e. The predicted octanol–water partition coefficient (Wildman–Crippen LogP) is 3.31. The summed E-state index contributed by atoms with van der Waals surface area (Å²) in [5.41, 5.74) is 2.13. The van der Waals surface area contributed by atoms with E-state index in [1.165, 1.54) is 5.56 Å². The van der Waals surface area contributed by atoms with Gasteiger partial charge in [0.1, 0.15) is 0 Å². The van der Waals surface area contributed by atoms with E-state index < -0.39 is 9.73 Å². The summed E-state index contributed by atoms with van der Waals surface area (Å²) in [4.78, 5) is 0. The first-order valence-electron chi connectivity index (χ1n) is 5.42. The molecular weight excluding hydrogens is 206 g/mol. The molecule has 1 aromatic carbocycles. The molecule has 0 aliphatic carbocycles. The van der Waals surface area contributed by atoms with Crippen LogP contribution in [0.3, 0.4) is 0 Å². The van der Waals surface area contributed by atoms with E-state index in [1.807, 2.05) is 18.2 Å². The van der Waals surface area contributed by atoms with E-state index in [1.54, 1.807) is 0 Å². The Bertz CT molecular complexity index is 460. The third-order valence-corrected chi connectivity index (χ3v) is 5.13. The van der Waals surface area contributed by atoms with Gasteiger partial charge in [0.05, 0.1) is 15.4 Å². The molecule has 1 aromatic rings. The van der Waals surface area contributed by atoms with Crippen molar-refractivity contribution < 1.29 is 4.21 Å². The first kappa shape index (κ1) is 10.7. The summed E-state index contributed by atoms with van der Waals surface area (Å²) in [6.45, 7) is 4.28. The van der Waals surface area contributed by atoms with Crippen molar-refractivity contribution in [3.05, 3.63) is 29.8 Å². The van der Waals surface area contributed by atoms with Gasteiger partial charge in [0.15, 0.2) is 0 Å². The summed E-state index contributed by atoms with van der Waals surface area (Å²) >= 11 is 0. The van der Waals surface area contributed by atoms with Crippen LogP contribution < -0.4 is 0 Å². The zero-order chi connectivity index (χ0) is 10.9. The highest BCUT2D eigenvalue weighted by Crippen LogP contribution is 2.29. The molecule has 2 rings (SSSR count). The quantitative estimate of drug-likeness (QED) is 0.756. The second-order valence-electron chi connectivity index (χ2n) is 4.34. The Morgan fingerprint density at radius 2 is 1.93 bits per heavy atom. The summed E-state index contributed by atoms with van der Waals surface area (Å²) in [6, 6.07) is 8.03. The molecule has 0 amide bonds. The molecule has 0 spiro atoms. The summed E-state index contributed by atoms with van der Waals surface area (Å²) in [7, 11) is -1.87. The molecule has 15 heavy (non-hydrogen) atoms. The maximum atomic E-state index is 12.0. The molecule has 2 nitrogen and oxygen atoms in total. The molecule has 0 bridgehead atoms. The highest BCUT2D eigenvalue weighted by molar-refractivity contribution is 7.95. The molecule has 1 saturated heterocycles. The van der Waals surface area contributed by atoms with E-state index in [0.717, 1.165) is 23.6 Å². The van der Waals surface area contributed by atoms with Gasteiger partial charge < -0.3 is 0 Å². The number of hydrogen-bond donors (Lipinski definition) is 0. The molecule has 1 heterocycles. The molecule has 0 atom stereocenters. The Hall–Kier alpha value is -0.830. The zero-order valence-corrected chi connectivity index (χ0v) is 10.1. The fourth-order valence-corrected chi connectivity index (χ4v) is 3.21. The Morgan fingerprint density at radius 1 is 1.27 bits per heavy atom. The smallest absolute Gasteiger partial charge is 0.0764 e. The molecule has 1 fully saturated rings. The van der Waals surface area contributed by atoms with Crippen molar-refractivity contribution in [2.24, 2.45) is 4.36 Å². The Kier molecular flexibility index (Phi) is 2.83. The monoisotopic (exact) mass is 223 g/mol. The van der Waals surface area contributed by atoms with Crippen LogP contribution in [0, 0.1) is 0 Å².